The number of phenols is 1. The second kappa shape index (κ2) is 5.98. The normalized spacial score (nSPS) is 33.3. The van der Waals surface area contributed by atoms with Gasteiger partial charge in [-0.25, -0.2) is 4.79 Å². The van der Waals surface area contributed by atoms with Crippen LogP contribution in [-0.2, 0) is 12.8 Å². The highest BCUT2D eigenvalue weighted by molar-refractivity contribution is 5.89. The van der Waals surface area contributed by atoms with E-state index in [0.717, 1.165) is 65.0 Å². The number of hydrogen-bond donors (Lipinski definition) is 1. The van der Waals surface area contributed by atoms with Gasteiger partial charge in [-0.15, -0.1) is 0 Å². The quantitative estimate of drug-likeness (QED) is 0.672. The zero-order valence-electron chi connectivity index (χ0n) is 16.5. The summed E-state index contributed by atoms with van der Waals surface area (Å²) in [5.74, 6) is 4.14. The fraction of sp³-hybridized carbons (Fsp3) is 0.560. The molecule has 1 unspecified atom stereocenters. The summed E-state index contributed by atoms with van der Waals surface area (Å²) in [7, 11) is 0. The van der Waals surface area contributed by atoms with Crippen molar-refractivity contribution in [3.05, 3.63) is 44.8 Å². The maximum atomic E-state index is 12.5. The number of fused-ring (bicyclic) bond motifs is 3. The summed E-state index contributed by atoms with van der Waals surface area (Å²) in [4.78, 5) is 12.5. The van der Waals surface area contributed by atoms with Crippen molar-refractivity contribution < 1.29 is 9.52 Å². The number of rotatable bonds is 1. The molecule has 1 aromatic carbocycles. The molecule has 5 aliphatic carbocycles. The molecule has 3 heteroatoms. The van der Waals surface area contributed by atoms with Crippen molar-refractivity contribution in [3.8, 4) is 5.75 Å². The first-order valence-electron chi connectivity index (χ1n) is 11.1. The fourth-order valence-corrected chi connectivity index (χ4v) is 7.00. The molecule has 1 N–H and O–H groups in total. The van der Waals surface area contributed by atoms with Gasteiger partial charge in [0.25, 0.3) is 0 Å². The van der Waals surface area contributed by atoms with E-state index in [2.05, 4.69) is 13.0 Å². The molecular weight excluding hydrogens is 348 g/mol. The van der Waals surface area contributed by atoms with Crippen molar-refractivity contribution in [2.75, 3.05) is 0 Å². The molecule has 0 aliphatic heterocycles. The van der Waals surface area contributed by atoms with Crippen LogP contribution in [0.4, 0.5) is 0 Å². The van der Waals surface area contributed by atoms with E-state index in [1.807, 2.05) is 12.1 Å². The summed E-state index contributed by atoms with van der Waals surface area (Å²) in [6.07, 6.45) is 11.7. The maximum absolute atomic E-state index is 12.5. The smallest absolute Gasteiger partial charge is 0.339 e. The van der Waals surface area contributed by atoms with E-state index in [0.29, 0.717) is 11.5 Å². The Morgan fingerprint density at radius 2 is 1.75 bits per heavy atom. The molecule has 1 aromatic heterocycles. The number of benzene rings is 1. The molecular formula is C25H28O3. The van der Waals surface area contributed by atoms with Gasteiger partial charge in [-0.3, -0.25) is 0 Å². The molecule has 2 aromatic rings. The molecule has 1 atom stereocenters. The van der Waals surface area contributed by atoms with E-state index in [9.17, 15) is 9.90 Å². The average molecular weight is 376 g/mol. The van der Waals surface area contributed by atoms with E-state index >= 15 is 0 Å². The van der Waals surface area contributed by atoms with Crippen LogP contribution in [0.25, 0.3) is 17.0 Å². The lowest BCUT2D eigenvalue weighted by atomic mass is 9.54. The van der Waals surface area contributed by atoms with E-state index in [4.69, 9.17) is 4.42 Å². The van der Waals surface area contributed by atoms with Gasteiger partial charge in [-0.1, -0.05) is 18.6 Å². The highest BCUT2D eigenvalue weighted by Gasteiger charge is 2.44. The van der Waals surface area contributed by atoms with Crippen molar-refractivity contribution in [1.82, 2.24) is 0 Å². The van der Waals surface area contributed by atoms with E-state index in [1.54, 1.807) is 5.57 Å². The summed E-state index contributed by atoms with van der Waals surface area (Å²) in [6.45, 7) is 2.21. The van der Waals surface area contributed by atoms with Crippen LogP contribution in [0.1, 0.15) is 62.1 Å². The van der Waals surface area contributed by atoms with Crippen molar-refractivity contribution in [2.45, 2.75) is 58.3 Å². The van der Waals surface area contributed by atoms with Crippen LogP contribution in [0, 0.1) is 29.6 Å². The minimum absolute atomic E-state index is 0.215. The summed E-state index contributed by atoms with van der Waals surface area (Å²) in [6, 6.07) is 3.87. The average Bonchev–Trinajstić information content (AvgIpc) is 2.63. The fourth-order valence-electron chi connectivity index (χ4n) is 7.00. The second-order valence-corrected chi connectivity index (χ2v) is 10.1. The van der Waals surface area contributed by atoms with Gasteiger partial charge in [0.15, 0.2) is 0 Å². The minimum atomic E-state index is -0.215. The number of hydrogen-bond acceptors (Lipinski definition) is 3. The van der Waals surface area contributed by atoms with E-state index in [-0.39, 0.29) is 11.4 Å². The van der Waals surface area contributed by atoms with Crippen LogP contribution in [0.3, 0.4) is 0 Å². The zero-order chi connectivity index (χ0) is 19.0. The van der Waals surface area contributed by atoms with Gasteiger partial charge >= 0.3 is 5.63 Å². The molecule has 7 rings (SSSR count). The molecule has 5 aliphatic rings. The Kier molecular flexibility index (Phi) is 3.61. The van der Waals surface area contributed by atoms with Crippen molar-refractivity contribution in [1.29, 1.82) is 0 Å². The molecule has 3 nitrogen and oxygen atoms in total. The lowest BCUT2D eigenvalue weighted by molar-refractivity contribution is 0.0710. The van der Waals surface area contributed by atoms with Crippen LogP contribution in [0.15, 0.2) is 26.9 Å². The Labute approximate surface area is 165 Å². The SMILES string of the molecule is CC1CCc2c(c3c(O)cc(C=C4C5CC6CC(C5)CC4C6)cc3oc2=O)C1. The van der Waals surface area contributed by atoms with Crippen molar-refractivity contribution >= 4 is 17.0 Å². The zero-order valence-corrected chi connectivity index (χ0v) is 16.5. The van der Waals surface area contributed by atoms with Gasteiger partial charge in [0.1, 0.15) is 11.3 Å². The summed E-state index contributed by atoms with van der Waals surface area (Å²) >= 11 is 0. The molecule has 0 spiro atoms. The summed E-state index contributed by atoms with van der Waals surface area (Å²) < 4.78 is 5.68. The van der Waals surface area contributed by atoms with Crippen LogP contribution in [0.2, 0.25) is 0 Å². The van der Waals surface area contributed by atoms with Gasteiger partial charge in [-0.2, -0.15) is 0 Å². The number of phenolic OH excluding ortho intramolecular Hbond substituents is 1. The number of aromatic hydroxyl groups is 1. The molecule has 28 heavy (non-hydrogen) atoms. The topological polar surface area (TPSA) is 50.4 Å². The first-order chi connectivity index (χ1) is 13.5. The first kappa shape index (κ1) is 16.9. The Balaban J connectivity index is 1.46. The van der Waals surface area contributed by atoms with Crippen LogP contribution in [-0.4, -0.2) is 5.11 Å². The van der Waals surface area contributed by atoms with Crippen LogP contribution in [0.5, 0.6) is 5.75 Å². The summed E-state index contributed by atoms with van der Waals surface area (Å²) in [5.41, 5.74) is 4.69. The Bertz CT molecular complexity index is 1030. The third-order valence-electron chi connectivity index (χ3n) is 8.07. The maximum Gasteiger partial charge on any atom is 0.339 e. The van der Waals surface area contributed by atoms with Crippen molar-refractivity contribution in [2.24, 2.45) is 29.6 Å². The molecule has 0 radical (unpaired) electrons. The largest absolute Gasteiger partial charge is 0.507 e. The molecule has 4 saturated carbocycles. The molecule has 146 valence electrons. The monoisotopic (exact) mass is 376 g/mol. The van der Waals surface area contributed by atoms with Crippen LogP contribution < -0.4 is 5.63 Å². The van der Waals surface area contributed by atoms with Gasteiger partial charge in [0.05, 0.1) is 5.39 Å². The molecule has 4 fully saturated rings. The highest BCUT2D eigenvalue weighted by atomic mass is 16.4. The van der Waals surface area contributed by atoms with Crippen LogP contribution >= 0.6 is 0 Å². The third kappa shape index (κ3) is 2.51. The predicted octanol–water partition coefficient (Wildman–Crippen LogP) is 5.46. The lowest BCUT2D eigenvalue weighted by Crippen LogP contribution is -2.40. The number of allylic oxidation sites excluding steroid dienone is 1. The molecule has 0 amide bonds. The highest BCUT2D eigenvalue weighted by Crippen LogP contribution is 2.56. The molecule has 4 bridgehead atoms. The van der Waals surface area contributed by atoms with E-state index < -0.39 is 0 Å². The van der Waals surface area contributed by atoms with E-state index in [1.165, 1.54) is 32.1 Å². The standard InChI is InChI=1S/C25H28O3/c1-13-2-3-19-21(4-13)24-22(26)11-16(12-23(24)28-25(19)27)10-20-17-6-14-5-15(8-17)9-18(20)7-14/h10-15,17-18,26H,2-9H2,1H3. The summed E-state index contributed by atoms with van der Waals surface area (Å²) in [5, 5.41) is 11.6. The Morgan fingerprint density at radius 3 is 2.46 bits per heavy atom. The van der Waals surface area contributed by atoms with Crippen molar-refractivity contribution in [3.63, 3.8) is 0 Å². The van der Waals surface area contributed by atoms with Gasteiger partial charge in [-0.05, 0) is 104 Å². The van der Waals surface area contributed by atoms with Gasteiger partial charge < -0.3 is 9.52 Å². The Morgan fingerprint density at radius 1 is 1.04 bits per heavy atom. The predicted molar refractivity (Wildman–Crippen MR) is 110 cm³/mol. The Hall–Kier alpha value is -2.03. The van der Waals surface area contributed by atoms with Gasteiger partial charge in [0, 0.05) is 5.56 Å². The molecule has 0 saturated heterocycles. The lowest BCUT2D eigenvalue weighted by Gasteiger charge is -2.51. The van der Waals surface area contributed by atoms with Gasteiger partial charge in [0.2, 0.25) is 0 Å². The minimum Gasteiger partial charge on any atom is -0.507 e. The first-order valence-corrected chi connectivity index (χ1v) is 11.1. The third-order valence-corrected chi connectivity index (χ3v) is 8.07. The molecule has 1 heterocycles. The second-order valence-electron chi connectivity index (χ2n) is 10.1.